The third-order valence-corrected chi connectivity index (χ3v) is 4.62. The molecule has 0 radical (unpaired) electrons. The fourth-order valence-electron chi connectivity index (χ4n) is 3.02. The summed E-state index contributed by atoms with van der Waals surface area (Å²) < 4.78 is 11.1. The lowest BCUT2D eigenvalue weighted by Gasteiger charge is -2.22. The van der Waals surface area contributed by atoms with Crippen molar-refractivity contribution in [3.05, 3.63) is 84.4 Å². The number of urea groups is 1. The highest BCUT2D eigenvalue weighted by molar-refractivity contribution is 5.73. The number of nitrogens with zero attached hydrogens (tertiary/aromatic N) is 1. The monoisotopic (exact) mass is 390 g/mol. The summed E-state index contributed by atoms with van der Waals surface area (Å²) in [5, 5.41) is 2.69. The van der Waals surface area contributed by atoms with Crippen LogP contribution in [0.1, 0.15) is 5.56 Å². The van der Waals surface area contributed by atoms with Crippen LogP contribution >= 0.6 is 0 Å². The lowest BCUT2D eigenvalue weighted by Crippen LogP contribution is -2.40. The zero-order valence-electron chi connectivity index (χ0n) is 16.8. The Morgan fingerprint density at radius 1 is 0.862 bits per heavy atom. The molecule has 0 spiro atoms. The van der Waals surface area contributed by atoms with E-state index in [0.717, 1.165) is 28.2 Å². The smallest absolute Gasteiger partial charge is 0.317 e. The Morgan fingerprint density at radius 2 is 1.45 bits per heavy atom. The fraction of sp³-hybridized carbons (Fsp3) is 0.208. The van der Waals surface area contributed by atoms with Crippen molar-refractivity contribution >= 4 is 6.03 Å². The number of nitrogens with one attached hydrogen (secondary N) is 1. The van der Waals surface area contributed by atoms with E-state index in [2.05, 4.69) is 5.32 Å². The SMILES string of the molecule is CNC(=O)N(CCOc1ccc(-c2ccc(OC)cc2)cc1)Cc1ccccc1. The summed E-state index contributed by atoms with van der Waals surface area (Å²) in [6.45, 7) is 1.46. The molecule has 0 saturated carbocycles. The second kappa shape index (κ2) is 10.2. The van der Waals surface area contributed by atoms with Crippen molar-refractivity contribution in [1.82, 2.24) is 10.2 Å². The molecule has 0 fully saturated rings. The van der Waals surface area contributed by atoms with E-state index in [1.165, 1.54) is 0 Å². The molecule has 0 aromatic heterocycles. The summed E-state index contributed by atoms with van der Waals surface area (Å²) in [5.41, 5.74) is 3.31. The minimum absolute atomic E-state index is 0.118. The molecule has 0 aliphatic heterocycles. The van der Waals surface area contributed by atoms with E-state index in [-0.39, 0.29) is 6.03 Å². The summed E-state index contributed by atoms with van der Waals surface area (Å²) in [4.78, 5) is 13.9. The van der Waals surface area contributed by atoms with Gasteiger partial charge in [0.1, 0.15) is 18.1 Å². The molecule has 29 heavy (non-hydrogen) atoms. The molecule has 150 valence electrons. The number of ether oxygens (including phenoxy) is 2. The largest absolute Gasteiger partial charge is 0.497 e. The van der Waals surface area contributed by atoms with Crippen molar-refractivity contribution in [2.75, 3.05) is 27.3 Å². The second-order valence-corrected chi connectivity index (χ2v) is 6.56. The lowest BCUT2D eigenvalue weighted by atomic mass is 10.1. The minimum atomic E-state index is -0.118. The Balaban J connectivity index is 1.55. The lowest BCUT2D eigenvalue weighted by molar-refractivity contribution is 0.181. The molecule has 3 aromatic carbocycles. The quantitative estimate of drug-likeness (QED) is 0.612. The van der Waals surface area contributed by atoms with Crippen LogP contribution in [-0.4, -0.2) is 38.2 Å². The molecule has 0 heterocycles. The maximum Gasteiger partial charge on any atom is 0.317 e. The van der Waals surface area contributed by atoms with E-state index in [0.29, 0.717) is 19.7 Å². The molecule has 1 N–H and O–H groups in total. The van der Waals surface area contributed by atoms with Crippen molar-refractivity contribution in [2.45, 2.75) is 6.54 Å². The first-order valence-electron chi connectivity index (χ1n) is 9.57. The predicted molar refractivity (Wildman–Crippen MR) is 115 cm³/mol. The van der Waals surface area contributed by atoms with E-state index < -0.39 is 0 Å². The van der Waals surface area contributed by atoms with Gasteiger partial charge in [-0.2, -0.15) is 0 Å². The molecule has 0 aliphatic rings. The summed E-state index contributed by atoms with van der Waals surface area (Å²) in [7, 11) is 3.30. The van der Waals surface area contributed by atoms with Crippen molar-refractivity contribution < 1.29 is 14.3 Å². The number of rotatable bonds is 8. The van der Waals surface area contributed by atoms with Crippen LogP contribution < -0.4 is 14.8 Å². The molecule has 0 bridgehead atoms. The molecule has 0 atom stereocenters. The van der Waals surface area contributed by atoms with Gasteiger partial charge in [0.15, 0.2) is 0 Å². The van der Waals surface area contributed by atoms with Crippen LogP contribution in [0.3, 0.4) is 0 Å². The Morgan fingerprint density at radius 3 is 2.00 bits per heavy atom. The second-order valence-electron chi connectivity index (χ2n) is 6.56. The van der Waals surface area contributed by atoms with E-state index >= 15 is 0 Å². The third kappa shape index (κ3) is 5.75. The predicted octanol–water partition coefficient (Wildman–Crippen LogP) is 4.58. The standard InChI is InChI=1S/C24H26N2O3/c1-25-24(27)26(18-19-6-4-3-5-7-19)16-17-29-23-14-10-21(11-15-23)20-8-12-22(28-2)13-9-20/h3-15H,16-18H2,1-2H3,(H,25,27). The van der Waals surface area contributed by atoms with Gasteiger partial charge in [-0.1, -0.05) is 54.6 Å². The first-order chi connectivity index (χ1) is 14.2. The summed E-state index contributed by atoms with van der Waals surface area (Å²) in [6, 6.07) is 25.7. The Bertz CT molecular complexity index is 894. The van der Waals surface area contributed by atoms with Crippen LogP contribution in [0.5, 0.6) is 11.5 Å². The van der Waals surface area contributed by atoms with Gasteiger partial charge >= 0.3 is 6.03 Å². The van der Waals surface area contributed by atoms with Gasteiger partial charge < -0.3 is 19.7 Å². The van der Waals surface area contributed by atoms with Crippen LogP contribution in [0.15, 0.2) is 78.9 Å². The van der Waals surface area contributed by atoms with Gasteiger partial charge in [-0.15, -0.1) is 0 Å². The van der Waals surface area contributed by atoms with E-state index in [9.17, 15) is 4.79 Å². The topological polar surface area (TPSA) is 50.8 Å². The summed E-state index contributed by atoms with van der Waals surface area (Å²) in [6.07, 6.45) is 0. The van der Waals surface area contributed by atoms with Crippen LogP contribution in [-0.2, 0) is 6.54 Å². The molecule has 0 unspecified atom stereocenters. The molecule has 3 rings (SSSR count). The maximum atomic E-state index is 12.2. The highest BCUT2D eigenvalue weighted by Gasteiger charge is 2.12. The van der Waals surface area contributed by atoms with Crippen LogP contribution in [0.4, 0.5) is 4.79 Å². The summed E-state index contributed by atoms with van der Waals surface area (Å²) in [5.74, 6) is 1.61. The van der Waals surface area contributed by atoms with Gasteiger partial charge in [-0.25, -0.2) is 4.79 Å². The average Bonchev–Trinajstić information content (AvgIpc) is 2.79. The van der Waals surface area contributed by atoms with E-state index in [4.69, 9.17) is 9.47 Å². The first-order valence-corrected chi connectivity index (χ1v) is 9.57. The number of amides is 2. The Hall–Kier alpha value is -3.47. The first kappa shape index (κ1) is 20.3. The molecule has 3 aromatic rings. The van der Waals surface area contributed by atoms with Crippen LogP contribution in [0.2, 0.25) is 0 Å². The third-order valence-electron chi connectivity index (χ3n) is 4.62. The molecule has 5 heteroatoms. The van der Waals surface area contributed by atoms with Gasteiger partial charge in [-0.3, -0.25) is 0 Å². The number of carbonyl (C=O) groups excluding carboxylic acids is 1. The Labute approximate surface area is 171 Å². The average molecular weight is 390 g/mol. The fourth-order valence-corrected chi connectivity index (χ4v) is 3.02. The molecular weight excluding hydrogens is 364 g/mol. The number of hydrogen-bond donors (Lipinski definition) is 1. The zero-order chi connectivity index (χ0) is 20.5. The minimum Gasteiger partial charge on any atom is -0.497 e. The normalized spacial score (nSPS) is 10.3. The highest BCUT2D eigenvalue weighted by atomic mass is 16.5. The van der Waals surface area contributed by atoms with Crippen molar-refractivity contribution in [3.63, 3.8) is 0 Å². The highest BCUT2D eigenvalue weighted by Crippen LogP contribution is 2.24. The van der Waals surface area contributed by atoms with Crippen molar-refractivity contribution in [1.29, 1.82) is 0 Å². The number of methoxy groups -OCH3 is 1. The molecular formula is C24H26N2O3. The zero-order valence-corrected chi connectivity index (χ0v) is 16.8. The number of hydrogen-bond acceptors (Lipinski definition) is 3. The molecule has 0 aliphatic carbocycles. The number of benzene rings is 3. The molecule has 0 saturated heterocycles. The molecule has 5 nitrogen and oxygen atoms in total. The van der Waals surface area contributed by atoms with E-state index in [1.54, 1.807) is 19.1 Å². The van der Waals surface area contributed by atoms with Gasteiger partial charge in [0.25, 0.3) is 0 Å². The molecule has 2 amide bonds. The van der Waals surface area contributed by atoms with Crippen molar-refractivity contribution in [2.24, 2.45) is 0 Å². The van der Waals surface area contributed by atoms with Gasteiger partial charge in [0.05, 0.1) is 13.7 Å². The maximum absolute atomic E-state index is 12.2. The van der Waals surface area contributed by atoms with Crippen molar-refractivity contribution in [3.8, 4) is 22.6 Å². The van der Waals surface area contributed by atoms with Crippen LogP contribution in [0.25, 0.3) is 11.1 Å². The summed E-state index contributed by atoms with van der Waals surface area (Å²) >= 11 is 0. The Kier molecular flexibility index (Phi) is 7.11. The van der Waals surface area contributed by atoms with Gasteiger partial charge in [0.2, 0.25) is 0 Å². The van der Waals surface area contributed by atoms with Gasteiger partial charge in [0, 0.05) is 13.6 Å². The van der Waals surface area contributed by atoms with E-state index in [1.807, 2.05) is 78.9 Å². The number of carbonyl (C=O) groups is 1. The van der Waals surface area contributed by atoms with Crippen LogP contribution in [0, 0.1) is 0 Å². The van der Waals surface area contributed by atoms with Gasteiger partial charge in [-0.05, 0) is 41.0 Å².